The molecule has 4 N–H and O–H groups in total. The lowest BCUT2D eigenvalue weighted by Crippen LogP contribution is -2.53. The van der Waals surface area contributed by atoms with Crippen molar-refractivity contribution in [1.82, 2.24) is 40.2 Å². The first-order valence-electron chi connectivity index (χ1n) is 31.6. The molecule has 2 aromatic heterocycles. The molecule has 0 spiro atoms. The summed E-state index contributed by atoms with van der Waals surface area (Å²) < 4.78 is 109. The average molecular weight is 1510 g/mol. The molecule has 6 aromatic carbocycles. The van der Waals surface area contributed by atoms with Crippen molar-refractivity contribution in [2.24, 2.45) is 9.98 Å². The molecule has 0 bridgehead atoms. The Kier molecular flexibility index (Phi) is 20.8. The van der Waals surface area contributed by atoms with Crippen molar-refractivity contribution in [3.8, 4) is 23.0 Å². The highest BCUT2D eigenvalue weighted by molar-refractivity contribution is 7.12. The number of aliphatic imine (C=N–C) groups is 2. The van der Waals surface area contributed by atoms with Crippen LogP contribution in [0, 0.1) is 34.9 Å². The van der Waals surface area contributed by atoms with Gasteiger partial charge in [0.1, 0.15) is 41.0 Å². The number of ether oxygens (including phenoxy) is 4. The summed E-state index contributed by atoms with van der Waals surface area (Å²) in [4.78, 5) is 104. The molecule has 0 aliphatic carbocycles. The number of anilines is 2. The maximum absolute atomic E-state index is 15.5. The molecule has 0 radical (unpaired) electrons. The molecule has 0 unspecified atom stereocenters. The fourth-order valence-corrected chi connectivity index (χ4v) is 14.6. The number of fused-ring (bicyclic) bond motifs is 2. The molecule has 14 rings (SSSR count). The van der Waals surface area contributed by atoms with Crippen LogP contribution in [0.25, 0.3) is 0 Å². The zero-order valence-electron chi connectivity index (χ0n) is 54.4. The molecule has 8 heterocycles. The van der Waals surface area contributed by atoms with E-state index in [9.17, 15) is 50.7 Å². The number of halogens is 8. The predicted octanol–water partition coefficient (Wildman–Crippen LogP) is 11.7. The van der Waals surface area contributed by atoms with E-state index in [0.717, 1.165) is 60.7 Å². The summed E-state index contributed by atoms with van der Waals surface area (Å²) in [7, 11) is 2.50. The number of nitrogens with zero attached hydrogens (tertiary/aromatic N) is 10. The van der Waals surface area contributed by atoms with E-state index >= 15 is 4.39 Å². The number of esters is 2. The van der Waals surface area contributed by atoms with Crippen LogP contribution in [0.5, 0.6) is 23.0 Å². The monoisotopic (exact) mass is 1500 g/mol. The van der Waals surface area contributed by atoms with Crippen LogP contribution in [0.4, 0.5) is 47.3 Å². The number of nitrogens with one attached hydrogen (secondary N) is 2. The molecule has 4 fully saturated rings. The smallest absolute Gasteiger partial charge is 0.338 e. The summed E-state index contributed by atoms with van der Waals surface area (Å²) in [5.41, 5.74) is 1.78. The molecule has 104 heavy (non-hydrogen) atoms. The highest BCUT2D eigenvalue weighted by Gasteiger charge is 2.45. The van der Waals surface area contributed by atoms with Gasteiger partial charge in [0.15, 0.2) is 50.6 Å². The Hall–Kier alpha value is -10.9. The molecule has 0 saturated carbocycles. The van der Waals surface area contributed by atoms with Crippen molar-refractivity contribution >= 4 is 105 Å². The molecule has 34 heteroatoms. The summed E-state index contributed by atoms with van der Waals surface area (Å²) in [6.07, 6.45) is 3.24. The van der Waals surface area contributed by atoms with Crippen LogP contribution in [0.2, 0.25) is 10.0 Å². The van der Waals surface area contributed by atoms with Gasteiger partial charge in [-0.25, -0.2) is 65.1 Å². The number of methoxy groups -OCH3 is 2. The van der Waals surface area contributed by atoms with Gasteiger partial charge >= 0.3 is 35.9 Å². The first-order valence-corrected chi connectivity index (χ1v) is 34.2. The number of carbonyl (C=O) groups is 6. The van der Waals surface area contributed by atoms with Gasteiger partial charge in [-0.3, -0.25) is 29.6 Å². The van der Waals surface area contributed by atoms with E-state index in [0.29, 0.717) is 83.5 Å². The minimum atomic E-state index is -1.31. The zero-order valence-corrected chi connectivity index (χ0v) is 57.5. The fourth-order valence-electron chi connectivity index (χ4n) is 12.9. The van der Waals surface area contributed by atoms with E-state index in [2.05, 4.69) is 30.4 Å². The van der Waals surface area contributed by atoms with E-state index in [4.69, 9.17) is 62.3 Å². The Morgan fingerprint density at radius 1 is 0.538 bits per heavy atom. The number of carboxylic acid groups (broad SMARTS) is 2. The lowest BCUT2D eigenvalue weighted by molar-refractivity contribution is -0.137. The standard InChI is InChI=1S/2C35H28ClF3N6O6S/c1-50-34(48)29-26(41-31(32-40-8-11-52-32)42-30(29)22-5-3-19(37)13-23(22)36)17-43-9-10-44-20(15-43)16-45(35(44)49)27-6-4-21(14-24(27)38)51-28-7-2-18(33(46)47)12-25(28)39;1-50-34(48)29-27(41-31(32-40-6-9-52-32)42-30(29)24-4-3-19(37)13-25(24)36)17-43-7-8-44-22(15-43)16-45(35(44)49)21-11-20(38)12-23(14-21)51-28-5-2-18(33(46)47)10-26(28)39/h2-8,11-14,20,30H,9-10,15-17H2,1H3,(H,41,42)(H,46,47);2-6,9-14,22,30H,7-8,15-17H2,1H3,(H,41,42)(H,46,47)/t20-,30-;22-,30-/m00/s1. The molecule has 4 atom stereocenters. The molecular formula is C70H56Cl2F6N12O12S2. The number of amidine groups is 2. The number of thiazole rings is 2. The first-order chi connectivity index (χ1) is 50.0. The number of carbonyl (C=O) groups excluding carboxylic acids is 4. The van der Waals surface area contributed by atoms with Gasteiger partial charge in [-0.2, -0.15) is 0 Å². The molecule has 6 aliphatic rings. The van der Waals surface area contributed by atoms with Crippen LogP contribution in [-0.4, -0.2) is 179 Å². The van der Waals surface area contributed by atoms with Gasteiger partial charge < -0.3 is 49.6 Å². The number of hydrogen-bond acceptors (Lipinski definition) is 20. The fraction of sp³-hybridized carbons (Fsp3) is 0.229. The largest absolute Gasteiger partial charge is 0.478 e. The molecule has 4 amide bonds. The SMILES string of the molecule is COC(=O)C1=C(CN2CCN3C(=O)N(c4cc(F)cc(Oc5ccc(C(=O)O)cc5F)c4)C[C@@H]3C2)NC(c2nccs2)=N[C@H]1c1ccc(F)cc1Cl.COC(=O)C1=C(CN2CCN3C(=O)N(c4ccc(Oc5ccc(C(=O)O)cc5F)cc4F)C[C@@H]3C2)NC(c2nccs2)=N[C@H]1c1ccc(F)cc1Cl. The number of aromatic carboxylic acids is 2. The number of piperazine rings is 2. The Labute approximate surface area is 604 Å². The van der Waals surface area contributed by atoms with Crippen molar-refractivity contribution in [1.29, 1.82) is 0 Å². The number of carboxylic acids is 2. The Morgan fingerprint density at radius 2 is 1.02 bits per heavy atom. The third-order valence-electron chi connectivity index (χ3n) is 17.7. The van der Waals surface area contributed by atoms with Crippen LogP contribution in [0.15, 0.2) is 165 Å². The molecule has 8 aromatic rings. The van der Waals surface area contributed by atoms with E-state index < -0.39 is 70.9 Å². The maximum Gasteiger partial charge on any atom is 0.338 e. The van der Waals surface area contributed by atoms with Crippen LogP contribution in [-0.2, 0) is 19.1 Å². The number of rotatable bonds is 18. The van der Waals surface area contributed by atoms with Gasteiger partial charge in [-0.1, -0.05) is 35.3 Å². The summed E-state index contributed by atoms with van der Waals surface area (Å²) in [5, 5.41) is 29.5. The van der Waals surface area contributed by atoms with Crippen molar-refractivity contribution in [3.05, 3.63) is 232 Å². The van der Waals surface area contributed by atoms with Gasteiger partial charge in [0, 0.05) is 139 Å². The predicted molar refractivity (Wildman–Crippen MR) is 369 cm³/mol. The molecule has 6 aliphatic heterocycles. The lowest BCUT2D eigenvalue weighted by atomic mass is 9.95. The van der Waals surface area contributed by atoms with E-state index in [1.165, 1.54) is 95.2 Å². The summed E-state index contributed by atoms with van der Waals surface area (Å²) >= 11 is 15.6. The minimum Gasteiger partial charge on any atom is -0.478 e. The highest BCUT2D eigenvalue weighted by atomic mass is 35.5. The number of hydrogen-bond donors (Lipinski definition) is 4. The number of aromatic nitrogens is 2. The maximum atomic E-state index is 15.5. The minimum absolute atomic E-state index is 0.00736. The van der Waals surface area contributed by atoms with Crippen molar-refractivity contribution in [3.63, 3.8) is 0 Å². The molecule has 24 nitrogen and oxygen atoms in total. The van der Waals surface area contributed by atoms with Crippen molar-refractivity contribution in [2.45, 2.75) is 24.2 Å². The van der Waals surface area contributed by atoms with Crippen molar-refractivity contribution in [2.75, 3.05) is 89.5 Å². The van der Waals surface area contributed by atoms with E-state index in [1.54, 1.807) is 33.0 Å². The number of amides is 4. The second kappa shape index (κ2) is 30.2. The van der Waals surface area contributed by atoms with Gasteiger partial charge in [0.05, 0.1) is 60.0 Å². The van der Waals surface area contributed by atoms with Gasteiger partial charge in [-0.05, 0) is 78.9 Å². The quantitative estimate of drug-likeness (QED) is 0.0459. The van der Waals surface area contributed by atoms with Crippen LogP contribution in [0.1, 0.15) is 53.9 Å². The number of urea groups is 2. The Bertz CT molecular complexity index is 4900. The molecule has 536 valence electrons. The normalized spacial score (nSPS) is 18.9. The second-order valence-electron chi connectivity index (χ2n) is 24.1. The summed E-state index contributed by atoms with van der Waals surface area (Å²) in [6, 6.07) is 18.0. The topological polar surface area (TPSA) is 274 Å². The van der Waals surface area contributed by atoms with E-state index in [-0.39, 0.29) is 117 Å². The summed E-state index contributed by atoms with van der Waals surface area (Å²) in [6.45, 7) is 3.02. The highest BCUT2D eigenvalue weighted by Crippen LogP contribution is 2.41. The van der Waals surface area contributed by atoms with Crippen LogP contribution >= 0.6 is 45.9 Å². The van der Waals surface area contributed by atoms with Gasteiger partial charge in [-0.15, -0.1) is 22.7 Å². The first kappa shape index (κ1) is 71.5. The number of benzene rings is 6. The molecular weight excluding hydrogens is 1450 g/mol. The summed E-state index contributed by atoms with van der Waals surface area (Å²) in [5.74, 6) is -8.35. The third-order valence-corrected chi connectivity index (χ3v) is 19.9. The lowest BCUT2D eigenvalue weighted by Gasteiger charge is -2.38. The Morgan fingerprint density at radius 3 is 1.46 bits per heavy atom. The van der Waals surface area contributed by atoms with Crippen LogP contribution < -0.4 is 29.9 Å². The Balaban J connectivity index is 0.000000185. The third kappa shape index (κ3) is 15.0. The van der Waals surface area contributed by atoms with E-state index in [1.807, 2.05) is 0 Å². The molecule has 4 saturated heterocycles. The second-order valence-corrected chi connectivity index (χ2v) is 26.7. The zero-order chi connectivity index (χ0) is 73.4. The average Bonchev–Trinajstić information content (AvgIpc) is 1.53. The van der Waals surface area contributed by atoms with Gasteiger partial charge in [0.25, 0.3) is 0 Å². The van der Waals surface area contributed by atoms with Crippen molar-refractivity contribution < 1.29 is 84.3 Å². The van der Waals surface area contributed by atoms with Crippen LogP contribution in [0.3, 0.4) is 0 Å². The van der Waals surface area contributed by atoms with Gasteiger partial charge in [0.2, 0.25) is 0 Å².